The van der Waals surface area contributed by atoms with Crippen molar-refractivity contribution in [2.45, 2.75) is 38.8 Å². The van der Waals surface area contributed by atoms with Crippen molar-refractivity contribution in [1.29, 1.82) is 0 Å². The van der Waals surface area contributed by atoms with Gasteiger partial charge in [-0.05, 0) is 12.8 Å². The lowest BCUT2D eigenvalue weighted by Gasteiger charge is -2.33. The molecule has 1 saturated heterocycles. The van der Waals surface area contributed by atoms with Gasteiger partial charge in [0, 0.05) is 25.7 Å². The number of carbonyl (C=O) groups is 2. The van der Waals surface area contributed by atoms with E-state index in [0.717, 1.165) is 19.4 Å². The summed E-state index contributed by atoms with van der Waals surface area (Å²) in [7, 11) is 0. The Kier molecular flexibility index (Phi) is 6.07. The molecule has 1 aliphatic rings. The minimum Gasteiger partial charge on any atom is -0.480 e. The minimum atomic E-state index is -0.877. The summed E-state index contributed by atoms with van der Waals surface area (Å²) in [5, 5.41) is 15.0. The molecule has 0 aromatic heterocycles. The molecule has 0 bridgehead atoms. The van der Waals surface area contributed by atoms with E-state index in [0.29, 0.717) is 13.1 Å². The molecule has 1 unspecified atom stereocenters. The van der Waals surface area contributed by atoms with E-state index in [1.807, 2.05) is 13.8 Å². The molecule has 1 rings (SSSR count). The number of nitrogens with one attached hydrogen (secondary N) is 2. The van der Waals surface area contributed by atoms with Crippen LogP contribution in [0.5, 0.6) is 0 Å². The summed E-state index contributed by atoms with van der Waals surface area (Å²) in [5.41, 5.74) is 0. The third-order valence-electron chi connectivity index (χ3n) is 3.34. The quantitative estimate of drug-likeness (QED) is 0.606. The first kappa shape index (κ1) is 14.9. The molecule has 1 atom stereocenters. The van der Waals surface area contributed by atoms with E-state index in [9.17, 15) is 9.59 Å². The Morgan fingerprint density at radius 2 is 2.11 bits per heavy atom. The van der Waals surface area contributed by atoms with Crippen molar-refractivity contribution in [3.63, 3.8) is 0 Å². The van der Waals surface area contributed by atoms with Crippen LogP contribution in [-0.2, 0) is 9.59 Å². The van der Waals surface area contributed by atoms with Gasteiger partial charge in [0.1, 0.15) is 6.04 Å². The summed E-state index contributed by atoms with van der Waals surface area (Å²) >= 11 is 0. The van der Waals surface area contributed by atoms with E-state index in [4.69, 9.17) is 5.11 Å². The van der Waals surface area contributed by atoms with Gasteiger partial charge in [-0.3, -0.25) is 14.5 Å². The monoisotopic (exact) mass is 257 g/mol. The molecule has 0 saturated carbocycles. The summed E-state index contributed by atoms with van der Waals surface area (Å²) in [6, 6.07) is -0.421. The summed E-state index contributed by atoms with van der Waals surface area (Å²) in [6.07, 6.45) is 1.79. The van der Waals surface area contributed by atoms with E-state index in [1.165, 1.54) is 0 Å². The normalized spacial score (nSPS) is 20.9. The molecule has 0 aliphatic carbocycles. The lowest BCUT2D eigenvalue weighted by atomic mass is 10.1. The van der Waals surface area contributed by atoms with Crippen molar-refractivity contribution in [3.8, 4) is 0 Å². The second-order valence-corrected chi connectivity index (χ2v) is 4.61. The molecule has 0 radical (unpaired) electrons. The SMILES string of the molecule is CCC(CC)NC(=O)CN1CCNCC1C(=O)O. The van der Waals surface area contributed by atoms with Gasteiger partial charge in [0.25, 0.3) is 0 Å². The van der Waals surface area contributed by atoms with Crippen LogP contribution in [0.1, 0.15) is 26.7 Å². The van der Waals surface area contributed by atoms with Crippen LogP contribution < -0.4 is 10.6 Å². The van der Waals surface area contributed by atoms with Crippen LogP contribution in [-0.4, -0.2) is 60.1 Å². The Morgan fingerprint density at radius 1 is 1.44 bits per heavy atom. The first-order chi connectivity index (χ1) is 8.58. The molecule has 104 valence electrons. The Hall–Kier alpha value is -1.14. The van der Waals surface area contributed by atoms with Crippen LogP contribution in [0.2, 0.25) is 0 Å². The number of carbonyl (C=O) groups excluding carboxylic acids is 1. The van der Waals surface area contributed by atoms with Gasteiger partial charge in [0.2, 0.25) is 5.91 Å². The molecular weight excluding hydrogens is 234 g/mol. The lowest BCUT2D eigenvalue weighted by molar-refractivity contribution is -0.144. The maximum absolute atomic E-state index is 11.8. The van der Waals surface area contributed by atoms with Crippen LogP contribution in [0.15, 0.2) is 0 Å². The first-order valence-corrected chi connectivity index (χ1v) is 6.55. The smallest absolute Gasteiger partial charge is 0.322 e. The maximum atomic E-state index is 11.8. The number of nitrogens with zero attached hydrogens (tertiary/aromatic N) is 1. The van der Waals surface area contributed by atoms with Crippen molar-refractivity contribution in [2.75, 3.05) is 26.2 Å². The summed E-state index contributed by atoms with van der Waals surface area (Å²) < 4.78 is 0. The Morgan fingerprint density at radius 3 is 2.67 bits per heavy atom. The molecular formula is C12H23N3O3. The molecule has 6 heteroatoms. The van der Waals surface area contributed by atoms with E-state index < -0.39 is 12.0 Å². The summed E-state index contributed by atoms with van der Waals surface area (Å²) in [4.78, 5) is 24.6. The molecule has 6 nitrogen and oxygen atoms in total. The summed E-state index contributed by atoms with van der Waals surface area (Å²) in [6.45, 7) is 5.93. The molecule has 0 aromatic rings. The van der Waals surface area contributed by atoms with Crippen LogP contribution in [0.25, 0.3) is 0 Å². The maximum Gasteiger partial charge on any atom is 0.322 e. The predicted octanol–water partition coefficient (Wildman–Crippen LogP) is -0.350. The fraction of sp³-hybridized carbons (Fsp3) is 0.833. The number of carboxylic acids is 1. The molecule has 3 N–H and O–H groups in total. The van der Waals surface area contributed by atoms with E-state index in [2.05, 4.69) is 10.6 Å². The molecule has 1 heterocycles. The molecule has 0 aromatic carbocycles. The number of amides is 1. The first-order valence-electron chi connectivity index (χ1n) is 6.55. The highest BCUT2D eigenvalue weighted by atomic mass is 16.4. The molecule has 0 spiro atoms. The van der Waals surface area contributed by atoms with Crippen molar-refractivity contribution in [2.24, 2.45) is 0 Å². The highest BCUT2D eigenvalue weighted by Crippen LogP contribution is 2.04. The topological polar surface area (TPSA) is 81.7 Å². The number of rotatable bonds is 6. The van der Waals surface area contributed by atoms with Gasteiger partial charge in [-0.1, -0.05) is 13.8 Å². The van der Waals surface area contributed by atoms with Crippen molar-refractivity contribution in [3.05, 3.63) is 0 Å². The van der Waals surface area contributed by atoms with Crippen LogP contribution in [0.4, 0.5) is 0 Å². The summed E-state index contributed by atoms with van der Waals surface area (Å²) in [5.74, 6) is -0.964. The third kappa shape index (κ3) is 4.27. The number of hydrogen-bond donors (Lipinski definition) is 3. The van der Waals surface area contributed by atoms with Gasteiger partial charge < -0.3 is 15.7 Å². The van der Waals surface area contributed by atoms with Gasteiger partial charge in [-0.15, -0.1) is 0 Å². The predicted molar refractivity (Wildman–Crippen MR) is 68.4 cm³/mol. The number of aliphatic carboxylic acids is 1. The van der Waals surface area contributed by atoms with Crippen molar-refractivity contribution in [1.82, 2.24) is 15.5 Å². The van der Waals surface area contributed by atoms with Crippen LogP contribution >= 0.6 is 0 Å². The van der Waals surface area contributed by atoms with Gasteiger partial charge >= 0.3 is 5.97 Å². The standard InChI is InChI=1S/C12H23N3O3/c1-3-9(4-2)14-11(16)8-15-6-5-13-7-10(15)12(17)18/h9-10,13H,3-8H2,1-2H3,(H,14,16)(H,17,18). The number of carboxylic acid groups (broad SMARTS) is 1. The lowest BCUT2D eigenvalue weighted by Crippen LogP contribution is -2.57. The van der Waals surface area contributed by atoms with E-state index >= 15 is 0 Å². The average molecular weight is 257 g/mol. The Bertz CT molecular complexity index is 292. The Labute approximate surface area is 108 Å². The average Bonchev–Trinajstić information content (AvgIpc) is 2.36. The fourth-order valence-electron chi connectivity index (χ4n) is 2.13. The number of piperazine rings is 1. The molecule has 18 heavy (non-hydrogen) atoms. The minimum absolute atomic E-state index is 0.0862. The van der Waals surface area contributed by atoms with E-state index in [1.54, 1.807) is 4.90 Å². The van der Waals surface area contributed by atoms with Crippen LogP contribution in [0.3, 0.4) is 0 Å². The zero-order valence-corrected chi connectivity index (χ0v) is 11.1. The third-order valence-corrected chi connectivity index (χ3v) is 3.34. The largest absolute Gasteiger partial charge is 0.480 e. The van der Waals surface area contributed by atoms with Crippen molar-refractivity contribution < 1.29 is 14.7 Å². The molecule has 1 fully saturated rings. The van der Waals surface area contributed by atoms with Gasteiger partial charge in [-0.25, -0.2) is 0 Å². The van der Waals surface area contributed by atoms with Gasteiger partial charge in [0.15, 0.2) is 0 Å². The second kappa shape index (κ2) is 7.33. The van der Waals surface area contributed by atoms with E-state index in [-0.39, 0.29) is 18.5 Å². The van der Waals surface area contributed by atoms with Crippen LogP contribution in [0, 0.1) is 0 Å². The van der Waals surface area contributed by atoms with Gasteiger partial charge in [0.05, 0.1) is 6.54 Å². The number of hydrogen-bond acceptors (Lipinski definition) is 4. The highest BCUT2D eigenvalue weighted by molar-refractivity contribution is 5.80. The zero-order valence-electron chi connectivity index (χ0n) is 11.1. The van der Waals surface area contributed by atoms with Gasteiger partial charge in [-0.2, -0.15) is 0 Å². The second-order valence-electron chi connectivity index (χ2n) is 4.61. The molecule has 1 amide bonds. The fourth-order valence-corrected chi connectivity index (χ4v) is 2.13. The highest BCUT2D eigenvalue weighted by Gasteiger charge is 2.29. The Balaban J connectivity index is 2.48. The zero-order chi connectivity index (χ0) is 13.5. The van der Waals surface area contributed by atoms with Crippen molar-refractivity contribution >= 4 is 11.9 Å². The molecule has 1 aliphatic heterocycles.